The number of hydrogen-bond donors (Lipinski definition) is 0. The van der Waals surface area contributed by atoms with Crippen LogP contribution in [0, 0.1) is 0 Å². The maximum atomic E-state index is 5.94. The molecule has 2 aromatic rings. The van der Waals surface area contributed by atoms with Gasteiger partial charge in [-0.15, -0.1) is 11.3 Å². The lowest BCUT2D eigenvalue weighted by atomic mass is 10.3. The van der Waals surface area contributed by atoms with Crippen LogP contribution in [0.3, 0.4) is 0 Å². The standard InChI is InChI=1S/C15H18ClN3OS/c16-13-2-1-3-14(12-13)20-10-9-18-5-7-19(8-6-18)15-17-4-11-21-15/h1-4,11-12H,5-10H2. The van der Waals surface area contributed by atoms with Crippen molar-refractivity contribution in [3.63, 3.8) is 0 Å². The van der Waals surface area contributed by atoms with E-state index < -0.39 is 0 Å². The average Bonchev–Trinajstić information content (AvgIpc) is 3.02. The molecule has 1 aliphatic rings. The summed E-state index contributed by atoms with van der Waals surface area (Å²) in [6.45, 7) is 5.81. The van der Waals surface area contributed by atoms with E-state index in [1.54, 1.807) is 11.3 Å². The fraction of sp³-hybridized carbons (Fsp3) is 0.400. The quantitative estimate of drug-likeness (QED) is 0.845. The highest BCUT2D eigenvalue weighted by molar-refractivity contribution is 7.13. The Balaban J connectivity index is 1.40. The molecule has 1 fully saturated rings. The zero-order valence-electron chi connectivity index (χ0n) is 11.7. The molecule has 112 valence electrons. The minimum atomic E-state index is 0.692. The Morgan fingerprint density at radius 3 is 2.81 bits per heavy atom. The van der Waals surface area contributed by atoms with Crippen LogP contribution in [0.25, 0.3) is 0 Å². The molecule has 0 unspecified atom stereocenters. The molecule has 3 rings (SSSR count). The van der Waals surface area contributed by atoms with Crippen LogP contribution in [0.5, 0.6) is 5.75 Å². The summed E-state index contributed by atoms with van der Waals surface area (Å²) in [7, 11) is 0. The van der Waals surface area contributed by atoms with Crippen molar-refractivity contribution < 1.29 is 4.74 Å². The first-order chi connectivity index (χ1) is 10.3. The van der Waals surface area contributed by atoms with Gasteiger partial charge >= 0.3 is 0 Å². The van der Waals surface area contributed by atoms with Crippen LogP contribution >= 0.6 is 22.9 Å². The van der Waals surface area contributed by atoms with Crippen molar-refractivity contribution in [1.29, 1.82) is 0 Å². The van der Waals surface area contributed by atoms with E-state index in [1.807, 2.05) is 35.8 Å². The molecule has 2 heterocycles. The number of piperazine rings is 1. The van der Waals surface area contributed by atoms with E-state index in [0.717, 1.165) is 43.6 Å². The van der Waals surface area contributed by atoms with Gasteiger partial charge in [0.2, 0.25) is 0 Å². The van der Waals surface area contributed by atoms with Crippen LogP contribution in [-0.4, -0.2) is 49.2 Å². The number of nitrogens with zero attached hydrogens (tertiary/aromatic N) is 3. The van der Waals surface area contributed by atoms with Gasteiger partial charge in [0.25, 0.3) is 0 Å². The van der Waals surface area contributed by atoms with Gasteiger partial charge in [-0.1, -0.05) is 17.7 Å². The van der Waals surface area contributed by atoms with Gasteiger partial charge in [0, 0.05) is 49.3 Å². The third kappa shape index (κ3) is 4.09. The number of ether oxygens (including phenoxy) is 1. The van der Waals surface area contributed by atoms with E-state index in [4.69, 9.17) is 16.3 Å². The zero-order valence-corrected chi connectivity index (χ0v) is 13.3. The van der Waals surface area contributed by atoms with E-state index in [2.05, 4.69) is 14.8 Å². The van der Waals surface area contributed by atoms with E-state index in [9.17, 15) is 0 Å². The van der Waals surface area contributed by atoms with Gasteiger partial charge in [0.05, 0.1) is 0 Å². The molecule has 0 aliphatic carbocycles. The molecule has 21 heavy (non-hydrogen) atoms. The Morgan fingerprint density at radius 1 is 1.24 bits per heavy atom. The molecule has 1 aromatic carbocycles. The van der Waals surface area contributed by atoms with E-state index in [0.29, 0.717) is 11.6 Å². The summed E-state index contributed by atoms with van der Waals surface area (Å²) in [6, 6.07) is 7.55. The topological polar surface area (TPSA) is 28.6 Å². The van der Waals surface area contributed by atoms with Gasteiger partial charge in [0.15, 0.2) is 5.13 Å². The first-order valence-corrected chi connectivity index (χ1v) is 8.32. The Kier molecular flexibility index (Phi) is 4.95. The Morgan fingerprint density at radius 2 is 2.10 bits per heavy atom. The lowest BCUT2D eigenvalue weighted by Crippen LogP contribution is -2.47. The molecular formula is C15H18ClN3OS. The van der Waals surface area contributed by atoms with Crippen molar-refractivity contribution >= 4 is 28.1 Å². The summed E-state index contributed by atoms with van der Waals surface area (Å²) in [6.07, 6.45) is 1.87. The van der Waals surface area contributed by atoms with Gasteiger partial charge in [-0.25, -0.2) is 4.98 Å². The van der Waals surface area contributed by atoms with E-state index in [1.165, 1.54) is 0 Å². The molecule has 0 bridgehead atoms. The van der Waals surface area contributed by atoms with Gasteiger partial charge < -0.3 is 9.64 Å². The van der Waals surface area contributed by atoms with Crippen molar-refractivity contribution in [3.8, 4) is 5.75 Å². The molecule has 0 N–H and O–H groups in total. The second kappa shape index (κ2) is 7.11. The molecule has 0 saturated carbocycles. The van der Waals surface area contributed by atoms with Crippen LogP contribution in [0.4, 0.5) is 5.13 Å². The van der Waals surface area contributed by atoms with Crippen molar-refractivity contribution in [3.05, 3.63) is 40.9 Å². The summed E-state index contributed by atoms with van der Waals surface area (Å²) < 4.78 is 5.74. The highest BCUT2D eigenvalue weighted by Crippen LogP contribution is 2.19. The molecule has 1 aliphatic heterocycles. The van der Waals surface area contributed by atoms with Crippen molar-refractivity contribution in [2.45, 2.75) is 0 Å². The van der Waals surface area contributed by atoms with Crippen LogP contribution in [0.1, 0.15) is 0 Å². The molecule has 0 spiro atoms. The van der Waals surface area contributed by atoms with Crippen LogP contribution in [0.15, 0.2) is 35.8 Å². The second-order valence-corrected chi connectivity index (χ2v) is 6.26. The third-order valence-electron chi connectivity index (χ3n) is 3.53. The summed E-state index contributed by atoms with van der Waals surface area (Å²) in [5, 5.41) is 3.87. The smallest absolute Gasteiger partial charge is 0.185 e. The van der Waals surface area contributed by atoms with Gasteiger partial charge in [0.1, 0.15) is 12.4 Å². The molecule has 1 aromatic heterocycles. The predicted octanol–water partition coefficient (Wildman–Crippen LogP) is 3.00. The van der Waals surface area contributed by atoms with Crippen molar-refractivity contribution in [2.24, 2.45) is 0 Å². The molecule has 6 heteroatoms. The van der Waals surface area contributed by atoms with Gasteiger partial charge in [-0.05, 0) is 18.2 Å². The lowest BCUT2D eigenvalue weighted by Gasteiger charge is -2.34. The minimum Gasteiger partial charge on any atom is -0.492 e. The van der Waals surface area contributed by atoms with Crippen LogP contribution in [-0.2, 0) is 0 Å². The Labute approximate surface area is 133 Å². The highest BCUT2D eigenvalue weighted by Gasteiger charge is 2.18. The third-order valence-corrected chi connectivity index (χ3v) is 4.60. The molecule has 4 nitrogen and oxygen atoms in total. The predicted molar refractivity (Wildman–Crippen MR) is 87.7 cm³/mol. The van der Waals surface area contributed by atoms with E-state index >= 15 is 0 Å². The average molecular weight is 324 g/mol. The van der Waals surface area contributed by atoms with Crippen molar-refractivity contribution in [2.75, 3.05) is 44.2 Å². The van der Waals surface area contributed by atoms with Gasteiger partial charge in [-0.2, -0.15) is 0 Å². The maximum Gasteiger partial charge on any atom is 0.185 e. The largest absolute Gasteiger partial charge is 0.492 e. The summed E-state index contributed by atoms with van der Waals surface area (Å²) in [5.74, 6) is 0.837. The number of thiazole rings is 1. The highest BCUT2D eigenvalue weighted by atomic mass is 35.5. The zero-order chi connectivity index (χ0) is 14.5. The molecule has 0 amide bonds. The number of aromatic nitrogens is 1. The fourth-order valence-corrected chi connectivity index (χ4v) is 3.26. The summed E-state index contributed by atoms with van der Waals surface area (Å²) in [5.41, 5.74) is 0. The first-order valence-electron chi connectivity index (χ1n) is 7.06. The first kappa shape index (κ1) is 14.6. The van der Waals surface area contributed by atoms with Crippen LogP contribution in [0.2, 0.25) is 5.02 Å². The monoisotopic (exact) mass is 323 g/mol. The number of rotatable bonds is 5. The Hall–Kier alpha value is -1.30. The lowest BCUT2D eigenvalue weighted by molar-refractivity contribution is 0.200. The number of halogens is 1. The van der Waals surface area contributed by atoms with Gasteiger partial charge in [-0.3, -0.25) is 4.90 Å². The van der Waals surface area contributed by atoms with Crippen LogP contribution < -0.4 is 9.64 Å². The fourth-order valence-electron chi connectivity index (χ4n) is 2.38. The molecule has 1 saturated heterocycles. The molecule has 0 atom stereocenters. The summed E-state index contributed by atoms with van der Waals surface area (Å²) >= 11 is 7.64. The number of benzene rings is 1. The number of hydrogen-bond acceptors (Lipinski definition) is 5. The Bertz CT molecular complexity index is 556. The SMILES string of the molecule is Clc1cccc(OCCN2CCN(c3nccs3)CC2)c1. The second-order valence-electron chi connectivity index (χ2n) is 4.95. The normalized spacial score (nSPS) is 16.1. The maximum absolute atomic E-state index is 5.94. The molecule has 0 radical (unpaired) electrons. The van der Waals surface area contributed by atoms with Crippen molar-refractivity contribution in [1.82, 2.24) is 9.88 Å². The van der Waals surface area contributed by atoms with E-state index in [-0.39, 0.29) is 0 Å². The number of anilines is 1. The minimum absolute atomic E-state index is 0.692. The summed E-state index contributed by atoms with van der Waals surface area (Å²) in [4.78, 5) is 9.14. The molecular weight excluding hydrogens is 306 g/mol.